The van der Waals surface area contributed by atoms with Gasteiger partial charge >= 0.3 is 16.5 Å². The van der Waals surface area contributed by atoms with Gasteiger partial charge in [-0.25, -0.2) is 9.05 Å². The lowest BCUT2D eigenvalue weighted by molar-refractivity contribution is -0.643. The summed E-state index contributed by atoms with van der Waals surface area (Å²) in [4.78, 5) is 27.6. The van der Waals surface area contributed by atoms with Crippen molar-refractivity contribution in [3.05, 3.63) is 5.53 Å². The van der Waals surface area contributed by atoms with Crippen molar-refractivity contribution in [2.75, 3.05) is 6.73 Å². The molecule has 0 fully saturated rings. The van der Waals surface area contributed by atoms with Gasteiger partial charge in [0.1, 0.15) is 5.78 Å². The number of Topliss-reactive ketones (excluding diaryl/α,β-unsaturated/α-hetero) is 1. The third-order valence-corrected chi connectivity index (χ3v) is 2.20. The fourth-order valence-corrected chi connectivity index (χ4v) is 1.46. The van der Waals surface area contributed by atoms with Crippen molar-refractivity contribution in [3.63, 3.8) is 0 Å². The molecule has 9 nitrogen and oxygen atoms in total. The lowest BCUT2D eigenvalue weighted by Crippen LogP contribution is -2.28. The van der Waals surface area contributed by atoms with Crippen molar-refractivity contribution in [3.8, 4) is 0 Å². The van der Waals surface area contributed by atoms with Crippen molar-refractivity contribution >= 4 is 22.3 Å². The highest BCUT2D eigenvalue weighted by Gasteiger charge is 2.22. The summed E-state index contributed by atoms with van der Waals surface area (Å²) in [7, 11) is -6.60. The average molecular weight is 274 g/mol. The molecule has 0 aromatic heterocycles. The Bertz CT molecular complexity index is 304. The molecule has 94 valence electrons. The lowest BCUT2D eigenvalue weighted by atomic mass is 10.3. The summed E-state index contributed by atoms with van der Waals surface area (Å²) in [5, 5.41) is 0. The molecule has 0 aromatic rings. The van der Waals surface area contributed by atoms with Crippen LogP contribution in [0.2, 0.25) is 0 Å². The first-order chi connectivity index (χ1) is 7.32. The Balaban J connectivity index is 4.36. The molecule has 0 aliphatic carbocycles. The number of rotatable bonds is 8. The molecule has 0 amide bonds. The first kappa shape index (κ1) is 15.6. The smallest absolute Gasteiger partial charge is 0.321 e. The molecule has 0 heterocycles. The van der Waals surface area contributed by atoms with Gasteiger partial charge in [-0.05, 0) is 6.92 Å². The SMILES string of the molecule is CC(=O)CC(O[PH](=O)O)[N+](=[N-])CO[PH](=O)O. The monoisotopic (exact) mass is 274 g/mol. The van der Waals surface area contributed by atoms with E-state index in [2.05, 4.69) is 9.05 Å². The Morgan fingerprint density at radius 1 is 1.44 bits per heavy atom. The van der Waals surface area contributed by atoms with Crippen molar-refractivity contribution < 1.29 is 37.5 Å². The van der Waals surface area contributed by atoms with Crippen LogP contribution < -0.4 is 0 Å². The molecule has 0 rings (SSSR count). The molecule has 0 saturated carbocycles. The summed E-state index contributed by atoms with van der Waals surface area (Å²) in [6.07, 6.45) is -1.75. The van der Waals surface area contributed by atoms with E-state index in [1.165, 1.54) is 6.92 Å². The zero-order chi connectivity index (χ0) is 12.7. The van der Waals surface area contributed by atoms with E-state index >= 15 is 0 Å². The molecule has 0 aliphatic rings. The Morgan fingerprint density at radius 3 is 2.38 bits per heavy atom. The predicted octanol–water partition coefficient (Wildman–Crippen LogP) is 0.0804. The predicted molar refractivity (Wildman–Crippen MR) is 52.2 cm³/mol. The van der Waals surface area contributed by atoms with E-state index in [0.717, 1.165) is 0 Å². The van der Waals surface area contributed by atoms with Crippen LogP contribution in [-0.4, -0.2) is 33.2 Å². The zero-order valence-corrected chi connectivity index (χ0v) is 10.3. The largest absolute Gasteiger partial charge is 0.502 e. The van der Waals surface area contributed by atoms with Crippen LogP contribution >= 0.6 is 16.5 Å². The van der Waals surface area contributed by atoms with Crippen LogP contribution in [0.25, 0.3) is 5.53 Å². The van der Waals surface area contributed by atoms with E-state index in [-0.39, 0.29) is 11.1 Å². The highest BCUT2D eigenvalue weighted by atomic mass is 31.1. The van der Waals surface area contributed by atoms with Crippen molar-refractivity contribution in [1.82, 2.24) is 0 Å². The van der Waals surface area contributed by atoms with Crippen LogP contribution in [0.5, 0.6) is 0 Å². The van der Waals surface area contributed by atoms with E-state index in [1.54, 1.807) is 0 Å². The molecule has 11 heteroatoms. The number of ketones is 1. The van der Waals surface area contributed by atoms with Crippen molar-refractivity contribution in [2.45, 2.75) is 19.6 Å². The van der Waals surface area contributed by atoms with Crippen molar-refractivity contribution in [1.29, 1.82) is 0 Å². The molecule has 0 aliphatic heterocycles. The van der Waals surface area contributed by atoms with Crippen molar-refractivity contribution in [2.24, 2.45) is 0 Å². The fourth-order valence-electron chi connectivity index (χ4n) is 0.775. The van der Waals surface area contributed by atoms with Gasteiger partial charge in [0.2, 0.25) is 6.73 Å². The number of nitrogens with zero attached hydrogens (tertiary/aromatic N) is 2. The maximum Gasteiger partial charge on any atom is 0.321 e. The van der Waals surface area contributed by atoms with Gasteiger partial charge < -0.3 is 15.3 Å². The third-order valence-electron chi connectivity index (χ3n) is 1.35. The minimum Gasteiger partial charge on any atom is -0.502 e. The minimum absolute atomic E-state index is 0.249. The number of carbonyl (C=O) groups excluding carboxylic acids is 1. The Kier molecular flexibility index (Phi) is 7.57. The molecule has 3 atom stereocenters. The maximum absolute atomic E-state index is 10.7. The minimum atomic E-state index is -3.35. The molecule has 0 bridgehead atoms. The molecular weight excluding hydrogens is 262 g/mol. The molecule has 0 aromatic carbocycles. The Labute approximate surface area is 92.4 Å². The van der Waals surface area contributed by atoms with Gasteiger partial charge in [-0.3, -0.25) is 18.6 Å². The highest BCUT2D eigenvalue weighted by Crippen LogP contribution is 2.22. The molecule has 16 heavy (non-hydrogen) atoms. The summed E-state index contributed by atoms with van der Waals surface area (Å²) < 4.78 is 29.4. The number of carbonyl (C=O) groups is 1. The lowest BCUT2D eigenvalue weighted by Gasteiger charge is -2.15. The van der Waals surface area contributed by atoms with Crippen LogP contribution in [0.1, 0.15) is 13.3 Å². The second kappa shape index (κ2) is 7.78. The van der Waals surface area contributed by atoms with Crippen LogP contribution in [0.15, 0.2) is 0 Å². The standard InChI is InChI=1S/C5H12N2O7P2/c1-4(8)2-5(14-16(11)12)7(6)3-13-15(9)10/h5,15-16H,2-3H2,1H3,(H,9,10)(H,11,12). The van der Waals surface area contributed by atoms with Crippen LogP contribution in [0.3, 0.4) is 0 Å². The third kappa shape index (κ3) is 7.81. The molecule has 2 N–H and O–H groups in total. The number of hydrogen-bond acceptors (Lipinski definition) is 5. The van der Waals surface area contributed by atoms with Crippen LogP contribution in [-0.2, 0) is 23.0 Å². The molecular formula is C5H12N2O7P2. The summed E-state index contributed by atoms with van der Waals surface area (Å²) in [5.41, 5.74) is 9.22. The second-order valence-electron chi connectivity index (χ2n) is 2.72. The highest BCUT2D eigenvalue weighted by molar-refractivity contribution is 7.32. The first-order valence-electron chi connectivity index (χ1n) is 4.03. The Hall–Kier alpha value is -0.430. The average Bonchev–Trinajstić information content (AvgIpc) is 2.11. The topological polar surface area (TPSA) is 135 Å². The quantitative estimate of drug-likeness (QED) is 0.277. The first-order valence-corrected chi connectivity index (χ1v) is 6.56. The maximum atomic E-state index is 10.7. The van der Waals surface area contributed by atoms with Gasteiger partial charge in [-0.1, -0.05) is 0 Å². The van der Waals surface area contributed by atoms with Crippen LogP contribution in [0, 0.1) is 0 Å². The van der Waals surface area contributed by atoms with Gasteiger partial charge in [-0.15, -0.1) is 0 Å². The van der Waals surface area contributed by atoms with Crippen LogP contribution in [0.4, 0.5) is 0 Å². The van der Waals surface area contributed by atoms with E-state index in [1.807, 2.05) is 0 Å². The second-order valence-corrected chi connectivity index (χ2v) is 4.31. The molecule has 0 radical (unpaired) electrons. The normalized spacial score (nSPS) is 16.4. The molecule has 0 spiro atoms. The summed E-state index contributed by atoms with van der Waals surface area (Å²) in [6.45, 7) is 0.468. The van der Waals surface area contributed by atoms with Gasteiger partial charge in [0.25, 0.3) is 6.23 Å². The molecule has 0 saturated heterocycles. The Morgan fingerprint density at radius 2 is 2.00 bits per heavy atom. The van der Waals surface area contributed by atoms with E-state index < -0.39 is 35.3 Å². The van der Waals surface area contributed by atoms with Gasteiger partial charge in [-0.2, -0.15) is 0 Å². The van der Waals surface area contributed by atoms with E-state index in [4.69, 9.17) is 9.79 Å². The number of hydrogen-bond donors (Lipinski definition) is 2. The van der Waals surface area contributed by atoms with Gasteiger partial charge in [0, 0.05) is 0 Å². The summed E-state index contributed by atoms with van der Waals surface area (Å²) in [5.74, 6) is -0.399. The van der Waals surface area contributed by atoms with E-state index in [0.29, 0.717) is 0 Å². The van der Waals surface area contributed by atoms with E-state index in [9.17, 15) is 19.5 Å². The zero-order valence-electron chi connectivity index (χ0n) is 8.32. The van der Waals surface area contributed by atoms with Gasteiger partial charge in [0.15, 0.2) is 0 Å². The van der Waals surface area contributed by atoms with Gasteiger partial charge in [0.05, 0.1) is 6.42 Å². The fraction of sp³-hybridized carbons (Fsp3) is 0.800. The summed E-state index contributed by atoms with van der Waals surface area (Å²) in [6, 6.07) is 0. The summed E-state index contributed by atoms with van der Waals surface area (Å²) >= 11 is 0. The molecule has 3 unspecified atom stereocenters.